The third kappa shape index (κ3) is 5.70. The molecule has 2 N–H and O–H groups in total. The van der Waals surface area contributed by atoms with E-state index < -0.39 is 5.60 Å². The average Bonchev–Trinajstić information content (AvgIpc) is 2.53. The molecule has 0 aliphatic heterocycles. The van der Waals surface area contributed by atoms with Crippen LogP contribution < -0.4 is 10.6 Å². The monoisotopic (exact) mass is 347 g/mol. The van der Waals surface area contributed by atoms with Crippen molar-refractivity contribution in [2.45, 2.75) is 78.0 Å². The molecular weight excluding hydrogens is 314 g/mol. The minimum Gasteiger partial charge on any atom is -0.444 e. The van der Waals surface area contributed by atoms with Gasteiger partial charge in [0, 0.05) is 31.0 Å². The van der Waals surface area contributed by atoms with Gasteiger partial charge in [-0.25, -0.2) is 4.79 Å². The van der Waals surface area contributed by atoms with Gasteiger partial charge in [-0.3, -0.25) is 4.98 Å². The molecule has 0 spiro atoms. The van der Waals surface area contributed by atoms with Crippen LogP contribution in [0.2, 0.25) is 0 Å². The molecule has 0 aromatic carbocycles. The van der Waals surface area contributed by atoms with E-state index in [1.807, 2.05) is 39.2 Å². The van der Waals surface area contributed by atoms with Crippen LogP contribution in [0.3, 0.4) is 0 Å². The van der Waals surface area contributed by atoms with Crippen molar-refractivity contribution in [1.29, 1.82) is 0 Å². The highest BCUT2D eigenvalue weighted by molar-refractivity contribution is 5.67. The lowest BCUT2D eigenvalue weighted by Gasteiger charge is -2.44. The van der Waals surface area contributed by atoms with Gasteiger partial charge in [0.1, 0.15) is 5.60 Å². The van der Waals surface area contributed by atoms with Crippen LogP contribution in [0.25, 0.3) is 0 Å². The lowest BCUT2D eigenvalue weighted by atomic mass is 9.73. The van der Waals surface area contributed by atoms with Crippen molar-refractivity contribution in [1.82, 2.24) is 15.6 Å². The standard InChI is InChI=1S/C20H33N3O2/c1-15-9-11-21-12-17(15)13-23-20(10-7-6-8-16(20)2)14-22-18(24)25-19(3,4)5/h9,11-12,16,23H,6-8,10,13-14H2,1-5H3,(H,22,24). The van der Waals surface area contributed by atoms with Crippen LogP contribution in [0.15, 0.2) is 18.5 Å². The van der Waals surface area contributed by atoms with E-state index in [-0.39, 0.29) is 11.6 Å². The van der Waals surface area contributed by atoms with Crippen molar-refractivity contribution in [3.05, 3.63) is 29.6 Å². The Labute approximate surface area is 151 Å². The Bertz CT molecular complexity index is 583. The Balaban J connectivity index is 2.04. The molecule has 1 fully saturated rings. The van der Waals surface area contributed by atoms with Crippen molar-refractivity contribution in [2.75, 3.05) is 6.54 Å². The number of nitrogens with one attached hydrogen (secondary N) is 2. The molecule has 0 radical (unpaired) electrons. The number of pyridine rings is 1. The Morgan fingerprint density at radius 1 is 1.40 bits per heavy atom. The number of amides is 1. The maximum absolute atomic E-state index is 12.1. The topological polar surface area (TPSA) is 63.2 Å². The average molecular weight is 348 g/mol. The van der Waals surface area contributed by atoms with Gasteiger partial charge in [-0.15, -0.1) is 0 Å². The number of rotatable bonds is 5. The van der Waals surface area contributed by atoms with E-state index in [0.29, 0.717) is 12.5 Å². The number of carbonyl (C=O) groups is 1. The summed E-state index contributed by atoms with van der Waals surface area (Å²) in [5.41, 5.74) is 1.87. The molecule has 5 nitrogen and oxygen atoms in total. The van der Waals surface area contributed by atoms with Crippen LogP contribution in [0.1, 0.15) is 64.5 Å². The van der Waals surface area contributed by atoms with Gasteiger partial charge in [-0.2, -0.15) is 0 Å². The second-order valence-electron chi connectivity index (χ2n) is 8.31. The summed E-state index contributed by atoms with van der Waals surface area (Å²) in [6, 6.07) is 2.03. The van der Waals surface area contributed by atoms with Crippen molar-refractivity contribution >= 4 is 6.09 Å². The van der Waals surface area contributed by atoms with E-state index in [4.69, 9.17) is 4.74 Å². The number of ether oxygens (including phenoxy) is 1. The van der Waals surface area contributed by atoms with Crippen molar-refractivity contribution in [3.63, 3.8) is 0 Å². The quantitative estimate of drug-likeness (QED) is 0.846. The summed E-state index contributed by atoms with van der Waals surface area (Å²) in [6.45, 7) is 11.4. The second kappa shape index (κ2) is 8.17. The Morgan fingerprint density at radius 3 is 2.80 bits per heavy atom. The van der Waals surface area contributed by atoms with Gasteiger partial charge in [0.25, 0.3) is 0 Å². The molecule has 1 heterocycles. The van der Waals surface area contributed by atoms with Gasteiger partial charge in [-0.1, -0.05) is 19.8 Å². The van der Waals surface area contributed by atoms with E-state index in [2.05, 4.69) is 29.5 Å². The van der Waals surface area contributed by atoms with Gasteiger partial charge < -0.3 is 15.4 Å². The van der Waals surface area contributed by atoms with Crippen LogP contribution in [-0.2, 0) is 11.3 Å². The van der Waals surface area contributed by atoms with E-state index in [1.165, 1.54) is 30.4 Å². The lowest BCUT2D eigenvalue weighted by molar-refractivity contribution is 0.0479. The minimum atomic E-state index is -0.477. The molecule has 1 aromatic rings. The van der Waals surface area contributed by atoms with Crippen molar-refractivity contribution < 1.29 is 9.53 Å². The molecule has 140 valence electrons. The van der Waals surface area contributed by atoms with Crippen LogP contribution in [0.4, 0.5) is 4.79 Å². The molecule has 5 heteroatoms. The van der Waals surface area contributed by atoms with E-state index in [1.54, 1.807) is 0 Å². The van der Waals surface area contributed by atoms with Gasteiger partial charge in [0.2, 0.25) is 0 Å². The molecule has 2 atom stereocenters. The number of nitrogens with zero attached hydrogens (tertiary/aromatic N) is 1. The minimum absolute atomic E-state index is 0.0998. The molecule has 1 aliphatic rings. The third-order valence-electron chi connectivity index (χ3n) is 5.18. The number of aromatic nitrogens is 1. The first-order valence-corrected chi connectivity index (χ1v) is 9.33. The van der Waals surface area contributed by atoms with Gasteiger partial charge in [-0.05, 0) is 63.6 Å². The van der Waals surface area contributed by atoms with Crippen LogP contribution >= 0.6 is 0 Å². The van der Waals surface area contributed by atoms with Gasteiger partial charge >= 0.3 is 6.09 Å². The third-order valence-corrected chi connectivity index (χ3v) is 5.18. The zero-order valence-corrected chi connectivity index (χ0v) is 16.3. The largest absolute Gasteiger partial charge is 0.444 e. The maximum Gasteiger partial charge on any atom is 0.407 e. The molecule has 1 aliphatic carbocycles. The highest BCUT2D eigenvalue weighted by Crippen LogP contribution is 2.33. The van der Waals surface area contributed by atoms with Crippen LogP contribution in [0.5, 0.6) is 0 Å². The first-order valence-electron chi connectivity index (χ1n) is 9.33. The molecule has 1 saturated carbocycles. The fourth-order valence-electron chi connectivity index (χ4n) is 3.50. The van der Waals surface area contributed by atoms with Crippen LogP contribution in [0, 0.1) is 12.8 Å². The Hall–Kier alpha value is -1.62. The predicted molar refractivity (Wildman–Crippen MR) is 100 cm³/mol. The summed E-state index contributed by atoms with van der Waals surface area (Å²) in [7, 11) is 0. The fourth-order valence-corrected chi connectivity index (χ4v) is 3.50. The lowest BCUT2D eigenvalue weighted by Crippen LogP contribution is -2.59. The van der Waals surface area contributed by atoms with E-state index >= 15 is 0 Å². The number of aryl methyl sites for hydroxylation is 1. The SMILES string of the molecule is Cc1ccncc1CNC1(CNC(=O)OC(C)(C)C)CCCCC1C. The van der Waals surface area contributed by atoms with E-state index in [9.17, 15) is 4.79 Å². The number of hydrogen-bond donors (Lipinski definition) is 2. The molecular formula is C20H33N3O2. The molecule has 1 amide bonds. The Morgan fingerprint density at radius 2 is 2.16 bits per heavy atom. The summed E-state index contributed by atoms with van der Waals surface area (Å²) in [4.78, 5) is 16.3. The summed E-state index contributed by atoms with van der Waals surface area (Å²) in [5.74, 6) is 0.494. The number of alkyl carbamates (subject to hydrolysis) is 1. The molecule has 0 bridgehead atoms. The van der Waals surface area contributed by atoms with Crippen molar-refractivity contribution in [3.8, 4) is 0 Å². The summed E-state index contributed by atoms with van der Waals surface area (Å²) in [5, 5.41) is 6.74. The zero-order valence-electron chi connectivity index (χ0n) is 16.3. The zero-order chi connectivity index (χ0) is 18.5. The highest BCUT2D eigenvalue weighted by Gasteiger charge is 2.38. The molecule has 25 heavy (non-hydrogen) atoms. The normalized spacial score (nSPS) is 24.0. The molecule has 2 rings (SSSR count). The van der Waals surface area contributed by atoms with Gasteiger partial charge in [0.05, 0.1) is 0 Å². The van der Waals surface area contributed by atoms with E-state index in [0.717, 1.165) is 13.0 Å². The maximum atomic E-state index is 12.1. The molecule has 2 unspecified atom stereocenters. The molecule has 0 saturated heterocycles. The predicted octanol–water partition coefficient (Wildman–Crippen LogP) is 3.95. The second-order valence-corrected chi connectivity index (χ2v) is 8.31. The fraction of sp³-hybridized carbons (Fsp3) is 0.700. The summed E-state index contributed by atoms with van der Waals surface area (Å²) in [6.07, 6.45) is 8.07. The smallest absolute Gasteiger partial charge is 0.407 e. The first kappa shape index (κ1) is 19.7. The first-order chi connectivity index (χ1) is 11.7. The number of carbonyl (C=O) groups excluding carboxylic acids is 1. The van der Waals surface area contributed by atoms with Gasteiger partial charge in [0.15, 0.2) is 0 Å². The summed E-state index contributed by atoms with van der Waals surface area (Å²) < 4.78 is 5.40. The highest BCUT2D eigenvalue weighted by atomic mass is 16.6. The van der Waals surface area contributed by atoms with Crippen molar-refractivity contribution in [2.24, 2.45) is 5.92 Å². The molecule has 1 aromatic heterocycles. The summed E-state index contributed by atoms with van der Waals surface area (Å²) >= 11 is 0. The Kier molecular flexibility index (Phi) is 6.44. The van der Waals surface area contributed by atoms with Crippen LogP contribution in [-0.4, -0.2) is 28.8 Å². The number of hydrogen-bond acceptors (Lipinski definition) is 4.